The molecule has 1 amide bonds. The minimum absolute atomic E-state index is 0.0719. The van der Waals surface area contributed by atoms with Crippen molar-refractivity contribution in [3.63, 3.8) is 0 Å². The van der Waals surface area contributed by atoms with E-state index in [0.717, 1.165) is 0 Å². The fourth-order valence-electron chi connectivity index (χ4n) is 2.73. The van der Waals surface area contributed by atoms with Gasteiger partial charge in [-0.1, -0.05) is 0 Å². The smallest absolute Gasteiger partial charge is 0.244 e. The number of carbonyl (C=O) groups excluding carboxylic acids is 1. The van der Waals surface area contributed by atoms with Gasteiger partial charge in [0.05, 0.1) is 11.5 Å². The van der Waals surface area contributed by atoms with Gasteiger partial charge in [0.1, 0.15) is 30.7 Å². The normalized spacial score (nSPS) is 16.6. The van der Waals surface area contributed by atoms with Crippen molar-refractivity contribution in [2.24, 2.45) is 0 Å². The predicted octanol–water partition coefficient (Wildman–Crippen LogP) is 0.477. The Morgan fingerprint density at radius 2 is 2.13 bits per heavy atom. The third-order valence-corrected chi connectivity index (χ3v) is 6.16. The lowest BCUT2D eigenvalue weighted by Gasteiger charge is -2.31. The molecule has 0 N–H and O–H groups in total. The first kappa shape index (κ1) is 15.7. The van der Waals surface area contributed by atoms with Gasteiger partial charge in [-0.25, -0.2) is 18.1 Å². The van der Waals surface area contributed by atoms with Crippen LogP contribution in [0, 0.1) is 0 Å². The van der Waals surface area contributed by atoms with Crippen LogP contribution in [-0.4, -0.2) is 52.3 Å². The summed E-state index contributed by atoms with van der Waals surface area (Å²) in [5, 5.41) is 3.47. The molecule has 23 heavy (non-hydrogen) atoms. The van der Waals surface area contributed by atoms with E-state index in [2.05, 4.69) is 10.1 Å². The Morgan fingerprint density at radius 1 is 1.35 bits per heavy atom. The lowest BCUT2D eigenvalue weighted by Crippen LogP contribution is -2.44. The number of nitrogens with zero attached hydrogens (tertiary/aromatic N) is 4. The van der Waals surface area contributed by atoms with Crippen LogP contribution in [0.2, 0.25) is 0 Å². The van der Waals surface area contributed by atoms with E-state index in [4.69, 9.17) is 4.42 Å². The molecule has 0 atom stereocenters. The molecule has 2 aromatic heterocycles. The zero-order valence-corrected chi connectivity index (χ0v) is 13.4. The molecule has 0 spiro atoms. The van der Waals surface area contributed by atoms with E-state index in [0.29, 0.717) is 31.7 Å². The lowest BCUT2D eigenvalue weighted by molar-refractivity contribution is -0.132. The van der Waals surface area contributed by atoms with Gasteiger partial charge in [0, 0.05) is 13.1 Å². The van der Waals surface area contributed by atoms with Crippen molar-refractivity contribution in [3.05, 3.63) is 36.8 Å². The number of likely N-dealkylation sites (tertiary alicyclic amines) is 1. The number of rotatable bonds is 5. The fraction of sp³-hybridized carbons (Fsp3) is 0.500. The Hall–Kier alpha value is -2.16. The molecule has 0 radical (unpaired) electrons. The number of piperidine rings is 1. The Labute approximate surface area is 134 Å². The second-order valence-corrected chi connectivity index (χ2v) is 7.84. The largest absolute Gasteiger partial charge is 0.468 e. The minimum Gasteiger partial charge on any atom is -0.468 e. The quantitative estimate of drug-likeness (QED) is 0.786. The predicted molar refractivity (Wildman–Crippen MR) is 81.0 cm³/mol. The van der Waals surface area contributed by atoms with E-state index in [-0.39, 0.29) is 18.2 Å². The second kappa shape index (κ2) is 6.53. The molecule has 1 fully saturated rings. The van der Waals surface area contributed by atoms with Crippen molar-refractivity contribution < 1.29 is 17.6 Å². The van der Waals surface area contributed by atoms with E-state index in [1.165, 1.54) is 23.6 Å². The summed E-state index contributed by atoms with van der Waals surface area (Å²) in [6, 6.07) is 3.34. The monoisotopic (exact) mass is 338 g/mol. The molecule has 0 aromatic carbocycles. The zero-order chi connectivity index (χ0) is 16.3. The summed E-state index contributed by atoms with van der Waals surface area (Å²) in [6.07, 6.45) is 5.23. The van der Waals surface area contributed by atoms with E-state index in [9.17, 15) is 13.2 Å². The molecule has 0 saturated carbocycles. The Bertz CT molecular complexity index is 732. The number of hydrogen-bond donors (Lipinski definition) is 0. The summed E-state index contributed by atoms with van der Waals surface area (Å²) < 4.78 is 31.4. The van der Waals surface area contributed by atoms with Gasteiger partial charge in [0.2, 0.25) is 5.91 Å². The number of aromatic nitrogens is 3. The molecule has 3 heterocycles. The summed E-state index contributed by atoms with van der Waals surface area (Å²) in [4.78, 5) is 17.6. The first-order valence-electron chi connectivity index (χ1n) is 7.39. The molecule has 1 aliphatic rings. The van der Waals surface area contributed by atoms with Crippen molar-refractivity contribution in [2.45, 2.75) is 30.4 Å². The summed E-state index contributed by atoms with van der Waals surface area (Å²) in [6.45, 7) is 1.01. The van der Waals surface area contributed by atoms with Crippen LogP contribution in [0.1, 0.15) is 18.6 Å². The van der Waals surface area contributed by atoms with Crippen LogP contribution >= 0.6 is 0 Å². The average Bonchev–Trinajstić information content (AvgIpc) is 3.21. The van der Waals surface area contributed by atoms with Gasteiger partial charge in [-0.3, -0.25) is 4.79 Å². The van der Waals surface area contributed by atoms with Gasteiger partial charge in [-0.05, 0) is 25.0 Å². The van der Waals surface area contributed by atoms with Gasteiger partial charge in [-0.2, -0.15) is 5.10 Å². The zero-order valence-electron chi connectivity index (χ0n) is 12.5. The van der Waals surface area contributed by atoms with Crippen LogP contribution in [0.5, 0.6) is 0 Å². The van der Waals surface area contributed by atoms with E-state index < -0.39 is 15.1 Å². The molecular formula is C14H18N4O4S. The maximum Gasteiger partial charge on any atom is 0.244 e. The fourth-order valence-corrected chi connectivity index (χ4v) is 4.45. The van der Waals surface area contributed by atoms with Crippen molar-refractivity contribution in [3.8, 4) is 0 Å². The van der Waals surface area contributed by atoms with Gasteiger partial charge >= 0.3 is 0 Å². The highest BCUT2D eigenvalue weighted by Crippen LogP contribution is 2.22. The molecule has 2 aromatic rings. The van der Waals surface area contributed by atoms with Crippen molar-refractivity contribution in [2.75, 3.05) is 13.1 Å². The molecule has 124 valence electrons. The van der Waals surface area contributed by atoms with Gasteiger partial charge in [0.25, 0.3) is 0 Å². The number of hydrogen-bond acceptors (Lipinski definition) is 6. The molecule has 0 aliphatic carbocycles. The number of carbonyl (C=O) groups is 1. The first-order chi connectivity index (χ1) is 11.0. The molecule has 8 nitrogen and oxygen atoms in total. The van der Waals surface area contributed by atoms with Gasteiger partial charge in [0.15, 0.2) is 9.84 Å². The molecule has 0 bridgehead atoms. The number of amides is 1. The number of furan rings is 1. The van der Waals surface area contributed by atoms with Crippen LogP contribution < -0.4 is 0 Å². The minimum atomic E-state index is -3.26. The molecule has 9 heteroatoms. The molecule has 1 aliphatic heterocycles. The molecular weight excluding hydrogens is 320 g/mol. The van der Waals surface area contributed by atoms with Crippen LogP contribution in [0.4, 0.5) is 0 Å². The Kier molecular flexibility index (Phi) is 4.46. The van der Waals surface area contributed by atoms with E-state index in [1.807, 2.05) is 0 Å². The maximum atomic E-state index is 12.4. The molecule has 3 rings (SSSR count). The summed E-state index contributed by atoms with van der Waals surface area (Å²) in [5.74, 6) is 0.296. The summed E-state index contributed by atoms with van der Waals surface area (Å²) in [5.41, 5.74) is 0. The average molecular weight is 338 g/mol. The third-order valence-electron chi connectivity index (χ3n) is 3.99. The topological polar surface area (TPSA) is 98.3 Å². The lowest BCUT2D eigenvalue weighted by atomic mass is 10.1. The highest BCUT2D eigenvalue weighted by molar-refractivity contribution is 7.91. The Balaban J connectivity index is 1.54. The summed E-state index contributed by atoms with van der Waals surface area (Å²) in [7, 11) is -3.26. The van der Waals surface area contributed by atoms with Crippen LogP contribution in [0.15, 0.2) is 35.5 Å². The molecule has 1 saturated heterocycles. The molecule has 0 unspecified atom stereocenters. The SMILES string of the molecule is O=C(Cn1cncn1)N1CCC(S(=O)(=O)Cc2ccco2)CC1. The Morgan fingerprint density at radius 3 is 2.74 bits per heavy atom. The standard InChI is InChI=1S/C14H18N4O4S/c19-14(8-18-11-15-10-16-18)17-5-3-13(4-6-17)23(20,21)9-12-2-1-7-22-12/h1-2,7,10-11,13H,3-6,8-9H2. The van der Waals surface area contributed by atoms with E-state index >= 15 is 0 Å². The van der Waals surface area contributed by atoms with Crippen molar-refractivity contribution in [1.82, 2.24) is 19.7 Å². The first-order valence-corrected chi connectivity index (χ1v) is 9.10. The second-order valence-electron chi connectivity index (χ2n) is 5.56. The summed E-state index contributed by atoms with van der Waals surface area (Å²) >= 11 is 0. The van der Waals surface area contributed by atoms with Gasteiger partial charge < -0.3 is 9.32 Å². The van der Waals surface area contributed by atoms with Crippen LogP contribution in [-0.2, 0) is 26.9 Å². The highest BCUT2D eigenvalue weighted by Gasteiger charge is 2.32. The third kappa shape index (κ3) is 3.79. The van der Waals surface area contributed by atoms with E-state index in [1.54, 1.807) is 17.0 Å². The van der Waals surface area contributed by atoms with Crippen LogP contribution in [0.3, 0.4) is 0 Å². The van der Waals surface area contributed by atoms with Crippen LogP contribution in [0.25, 0.3) is 0 Å². The van der Waals surface area contributed by atoms with Crippen molar-refractivity contribution >= 4 is 15.7 Å². The maximum absolute atomic E-state index is 12.4. The highest BCUT2D eigenvalue weighted by atomic mass is 32.2. The van der Waals surface area contributed by atoms with Crippen molar-refractivity contribution in [1.29, 1.82) is 0 Å². The number of sulfone groups is 1. The van der Waals surface area contributed by atoms with Gasteiger partial charge in [-0.15, -0.1) is 0 Å².